The lowest BCUT2D eigenvalue weighted by Gasteiger charge is -2.13. The second kappa shape index (κ2) is 4.77. The summed E-state index contributed by atoms with van der Waals surface area (Å²) in [6, 6.07) is 0. The van der Waals surface area contributed by atoms with E-state index in [4.69, 9.17) is 0 Å². The Morgan fingerprint density at radius 3 is 2.56 bits per heavy atom. The second-order valence-electron chi connectivity index (χ2n) is 3.36. The Bertz CT molecular complexity index is 393. The third kappa shape index (κ3) is 2.91. The first-order valence-corrected chi connectivity index (χ1v) is 6.20. The number of hydrogen-bond donors (Lipinski definition) is 0. The number of ether oxygens (including phenoxy) is 1. The number of nitrogens with zero attached hydrogens (tertiary/aromatic N) is 1. The summed E-state index contributed by atoms with van der Waals surface area (Å²) in [6.45, 7) is 1.36. The summed E-state index contributed by atoms with van der Waals surface area (Å²) in [7, 11) is -4.65. The topological polar surface area (TPSA) is 80.8 Å². The van der Waals surface area contributed by atoms with Gasteiger partial charge in [0, 0.05) is 13.1 Å². The Morgan fingerprint density at radius 2 is 2.12 bits per heavy atom. The van der Waals surface area contributed by atoms with Crippen LogP contribution in [0, 0.1) is 0 Å². The van der Waals surface area contributed by atoms with E-state index >= 15 is 0 Å². The van der Waals surface area contributed by atoms with Crippen molar-refractivity contribution < 1.29 is 26.6 Å². The van der Waals surface area contributed by atoms with Crippen molar-refractivity contribution in [3.8, 4) is 0 Å². The zero-order valence-corrected chi connectivity index (χ0v) is 9.50. The van der Waals surface area contributed by atoms with Gasteiger partial charge in [0.05, 0.1) is 6.61 Å². The number of rotatable bonds is 2. The van der Waals surface area contributed by atoms with Gasteiger partial charge in [-0.2, -0.15) is 8.42 Å². The fourth-order valence-electron chi connectivity index (χ4n) is 1.46. The van der Waals surface area contributed by atoms with Crippen molar-refractivity contribution in [2.75, 3.05) is 19.7 Å². The van der Waals surface area contributed by atoms with Gasteiger partial charge in [-0.25, -0.2) is 4.79 Å². The van der Waals surface area contributed by atoms with Crippen LogP contribution in [0.5, 0.6) is 0 Å². The molecule has 1 atom stereocenters. The average Bonchev–Trinajstić information content (AvgIpc) is 2.65. The zero-order chi connectivity index (χ0) is 12.3. The predicted molar refractivity (Wildman–Crippen MR) is 51.6 cm³/mol. The third-order valence-corrected chi connectivity index (χ3v) is 3.46. The maximum Gasteiger partial charge on any atom is 0.397 e. The Hall–Kier alpha value is -1.18. The van der Waals surface area contributed by atoms with Crippen LogP contribution in [0.15, 0.2) is 0 Å². The molecular formula is C8H12FNO5S. The number of carbonyl (C=O) groups is 2. The molecule has 0 bridgehead atoms. The number of amides is 1. The van der Waals surface area contributed by atoms with Crippen LogP contribution in [-0.2, 0) is 24.5 Å². The zero-order valence-electron chi connectivity index (χ0n) is 8.68. The highest BCUT2D eigenvalue weighted by Crippen LogP contribution is 2.18. The van der Waals surface area contributed by atoms with E-state index in [-0.39, 0.29) is 26.1 Å². The maximum atomic E-state index is 12.6. The second-order valence-corrected chi connectivity index (χ2v) is 4.98. The summed E-state index contributed by atoms with van der Waals surface area (Å²) in [5.74, 6) is -1.97. The van der Waals surface area contributed by atoms with Crippen molar-refractivity contribution in [1.29, 1.82) is 0 Å². The summed E-state index contributed by atoms with van der Waals surface area (Å²) in [4.78, 5) is 23.4. The van der Waals surface area contributed by atoms with E-state index in [0.717, 1.165) is 4.90 Å². The largest absolute Gasteiger partial charge is 0.459 e. The van der Waals surface area contributed by atoms with Crippen LogP contribution in [0.3, 0.4) is 0 Å². The number of esters is 1. The molecule has 6 nitrogen and oxygen atoms in total. The molecule has 1 rings (SSSR count). The smallest absolute Gasteiger partial charge is 0.397 e. The van der Waals surface area contributed by atoms with Crippen molar-refractivity contribution in [3.05, 3.63) is 0 Å². The molecule has 0 saturated carbocycles. The van der Waals surface area contributed by atoms with Gasteiger partial charge in [0.15, 0.2) is 0 Å². The minimum atomic E-state index is -4.65. The van der Waals surface area contributed by atoms with E-state index in [1.807, 2.05) is 0 Å². The Kier molecular flexibility index (Phi) is 3.84. The Balaban J connectivity index is 2.60. The molecule has 1 unspecified atom stereocenters. The van der Waals surface area contributed by atoms with Gasteiger partial charge in [0.2, 0.25) is 0 Å². The summed E-state index contributed by atoms with van der Waals surface area (Å²) in [6.07, 6.45) is 0.00395. The van der Waals surface area contributed by atoms with Crippen LogP contribution in [0.1, 0.15) is 13.3 Å². The van der Waals surface area contributed by atoms with E-state index in [9.17, 15) is 21.9 Å². The lowest BCUT2D eigenvalue weighted by Crippen LogP contribution is -2.37. The van der Waals surface area contributed by atoms with Crippen molar-refractivity contribution in [2.45, 2.75) is 18.6 Å². The van der Waals surface area contributed by atoms with E-state index in [1.165, 1.54) is 0 Å². The van der Waals surface area contributed by atoms with Gasteiger partial charge in [-0.1, -0.05) is 0 Å². The number of carbonyl (C=O) groups excluding carboxylic acids is 2. The molecule has 1 amide bonds. The molecule has 1 fully saturated rings. The van der Waals surface area contributed by atoms with Gasteiger partial charge >= 0.3 is 22.1 Å². The third-order valence-electron chi connectivity index (χ3n) is 2.28. The minimum Gasteiger partial charge on any atom is -0.459 e. The standard InChI is InChI=1S/C8H12FNO5S/c1-2-15-8(12)7(11)10-4-3-6(5-10)16(9,13)14/h6H,2-5H2,1H3. The maximum absolute atomic E-state index is 12.6. The fraction of sp³-hybridized carbons (Fsp3) is 0.750. The van der Waals surface area contributed by atoms with Crippen molar-refractivity contribution >= 4 is 22.1 Å². The molecule has 8 heteroatoms. The first-order chi connectivity index (χ1) is 7.36. The lowest BCUT2D eigenvalue weighted by atomic mass is 10.4. The molecule has 1 aliphatic rings. The highest BCUT2D eigenvalue weighted by molar-refractivity contribution is 7.87. The van der Waals surface area contributed by atoms with Gasteiger partial charge in [-0.3, -0.25) is 4.79 Å². The molecule has 0 aromatic heterocycles. The highest BCUT2D eigenvalue weighted by Gasteiger charge is 2.37. The number of hydrogen-bond acceptors (Lipinski definition) is 5. The summed E-state index contributed by atoms with van der Waals surface area (Å²) in [5, 5.41) is -1.23. The monoisotopic (exact) mass is 253 g/mol. The van der Waals surface area contributed by atoms with Crippen molar-refractivity contribution in [2.24, 2.45) is 0 Å². The molecule has 92 valence electrons. The van der Waals surface area contributed by atoms with Gasteiger partial charge in [0.1, 0.15) is 5.25 Å². The molecule has 0 aromatic rings. The lowest BCUT2D eigenvalue weighted by molar-refractivity contribution is -0.159. The number of halogens is 1. The average molecular weight is 253 g/mol. The van der Waals surface area contributed by atoms with Gasteiger partial charge < -0.3 is 9.64 Å². The molecule has 1 saturated heterocycles. The molecule has 0 N–H and O–H groups in total. The van der Waals surface area contributed by atoms with Crippen LogP contribution in [-0.4, -0.2) is 50.1 Å². The molecule has 0 aliphatic carbocycles. The normalized spacial score (nSPS) is 20.9. The van der Waals surface area contributed by atoms with Crippen LogP contribution >= 0.6 is 0 Å². The van der Waals surface area contributed by atoms with Gasteiger partial charge in [0.25, 0.3) is 0 Å². The Morgan fingerprint density at radius 1 is 1.50 bits per heavy atom. The molecule has 0 aromatic carbocycles. The Labute approximate surface area is 92.6 Å². The van der Waals surface area contributed by atoms with Crippen LogP contribution in [0.4, 0.5) is 3.89 Å². The molecule has 0 spiro atoms. The number of likely N-dealkylation sites (tertiary alicyclic amines) is 1. The summed E-state index contributed by atoms with van der Waals surface area (Å²) < 4.78 is 38.2. The molecule has 1 aliphatic heterocycles. The summed E-state index contributed by atoms with van der Waals surface area (Å²) >= 11 is 0. The SMILES string of the molecule is CCOC(=O)C(=O)N1CCC(S(=O)(=O)F)C1. The molecule has 16 heavy (non-hydrogen) atoms. The van der Waals surface area contributed by atoms with E-state index in [2.05, 4.69) is 4.74 Å². The van der Waals surface area contributed by atoms with Crippen LogP contribution < -0.4 is 0 Å². The quantitative estimate of drug-likeness (QED) is 0.375. The predicted octanol–water partition coefficient (Wildman–Crippen LogP) is -0.550. The van der Waals surface area contributed by atoms with Crippen molar-refractivity contribution in [1.82, 2.24) is 4.90 Å². The van der Waals surface area contributed by atoms with E-state index < -0.39 is 27.3 Å². The van der Waals surface area contributed by atoms with Crippen molar-refractivity contribution in [3.63, 3.8) is 0 Å². The first kappa shape index (κ1) is 12.9. The molecule has 1 heterocycles. The van der Waals surface area contributed by atoms with Gasteiger partial charge in [-0.05, 0) is 13.3 Å². The first-order valence-electron chi connectivity index (χ1n) is 4.75. The fourth-order valence-corrected chi connectivity index (χ4v) is 2.21. The van der Waals surface area contributed by atoms with Gasteiger partial charge in [-0.15, -0.1) is 3.89 Å². The molecule has 0 radical (unpaired) electrons. The highest BCUT2D eigenvalue weighted by atomic mass is 32.3. The molecular weight excluding hydrogens is 241 g/mol. The van der Waals surface area contributed by atoms with Crippen LogP contribution in [0.2, 0.25) is 0 Å². The van der Waals surface area contributed by atoms with E-state index in [0.29, 0.717) is 0 Å². The van der Waals surface area contributed by atoms with Crippen LogP contribution in [0.25, 0.3) is 0 Å². The summed E-state index contributed by atoms with van der Waals surface area (Å²) in [5.41, 5.74) is 0. The minimum absolute atomic E-state index is 0.00395. The van der Waals surface area contributed by atoms with E-state index in [1.54, 1.807) is 6.92 Å².